The predicted octanol–water partition coefficient (Wildman–Crippen LogP) is 4.48. The molecule has 0 aliphatic carbocycles. The zero-order chi connectivity index (χ0) is 22.5. The van der Waals surface area contributed by atoms with Crippen molar-refractivity contribution in [1.29, 1.82) is 0 Å². The number of rotatable bonds is 8. The minimum atomic E-state index is 0.249. The minimum absolute atomic E-state index is 0.249. The fourth-order valence-corrected chi connectivity index (χ4v) is 4.73. The lowest BCUT2D eigenvalue weighted by atomic mass is 9.95. The van der Waals surface area contributed by atoms with E-state index in [4.69, 9.17) is 9.47 Å². The lowest BCUT2D eigenvalue weighted by molar-refractivity contribution is 0.198. The third-order valence-corrected chi connectivity index (χ3v) is 6.51. The number of para-hydroxylation sites is 1. The van der Waals surface area contributed by atoms with Crippen molar-refractivity contribution in [3.63, 3.8) is 0 Å². The Labute approximate surface area is 193 Å². The van der Waals surface area contributed by atoms with Crippen LogP contribution in [0.5, 0.6) is 17.2 Å². The summed E-state index contributed by atoms with van der Waals surface area (Å²) < 4.78 is 13.1. The molecule has 0 saturated carbocycles. The van der Waals surface area contributed by atoms with Crippen molar-refractivity contribution >= 4 is 11.8 Å². The van der Waals surface area contributed by atoms with Crippen LogP contribution in [0.15, 0.2) is 47.6 Å². The molecule has 1 saturated heterocycles. The van der Waals surface area contributed by atoms with E-state index in [1.807, 2.05) is 49.6 Å². The lowest BCUT2D eigenvalue weighted by Crippen LogP contribution is -2.33. The molecule has 170 valence electrons. The van der Waals surface area contributed by atoms with Gasteiger partial charge < -0.3 is 14.6 Å². The molecule has 2 aromatic carbocycles. The molecule has 1 aliphatic heterocycles. The SMILES string of the molecule is CCOc1cccc(CN2CCC(c3nnc(SC)n3-c3cccc(OC)c3)CC2)c1O. The average molecular weight is 455 g/mol. The maximum absolute atomic E-state index is 10.5. The molecule has 3 aromatic rings. The second-order valence-electron chi connectivity index (χ2n) is 7.83. The van der Waals surface area contributed by atoms with Crippen LogP contribution in [-0.4, -0.2) is 57.8 Å². The summed E-state index contributed by atoms with van der Waals surface area (Å²) in [4.78, 5) is 2.38. The number of aromatic nitrogens is 3. The first-order valence-electron chi connectivity index (χ1n) is 10.9. The number of piperidine rings is 1. The minimum Gasteiger partial charge on any atom is -0.504 e. The molecule has 32 heavy (non-hydrogen) atoms. The van der Waals surface area contributed by atoms with E-state index in [1.165, 1.54) is 0 Å². The van der Waals surface area contributed by atoms with Crippen molar-refractivity contribution in [3.8, 4) is 22.9 Å². The summed E-state index contributed by atoms with van der Waals surface area (Å²) in [5.41, 5.74) is 1.92. The highest BCUT2D eigenvalue weighted by Crippen LogP contribution is 2.34. The molecule has 7 nitrogen and oxygen atoms in total. The number of methoxy groups -OCH3 is 1. The van der Waals surface area contributed by atoms with E-state index in [0.717, 1.165) is 53.9 Å². The molecule has 0 bridgehead atoms. The monoisotopic (exact) mass is 454 g/mol. The summed E-state index contributed by atoms with van der Waals surface area (Å²) in [5.74, 6) is 2.95. The summed E-state index contributed by atoms with van der Waals surface area (Å²) in [5, 5.41) is 20.4. The Balaban J connectivity index is 1.48. The molecule has 8 heteroatoms. The molecule has 0 spiro atoms. The number of phenolic OH excluding ortho intramolecular Hbond substituents is 1. The van der Waals surface area contributed by atoms with Gasteiger partial charge in [0.05, 0.1) is 19.4 Å². The molecule has 1 aromatic heterocycles. The number of likely N-dealkylation sites (tertiary alicyclic amines) is 1. The zero-order valence-corrected chi connectivity index (χ0v) is 19.6. The zero-order valence-electron chi connectivity index (χ0n) is 18.8. The van der Waals surface area contributed by atoms with Crippen LogP contribution in [-0.2, 0) is 6.54 Å². The maximum Gasteiger partial charge on any atom is 0.195 e. The Morgan fingerprint density at radius 2 is 1.91 bits per heavy atom. The van der Waals surface area contributed by atoms with Crippen LogP contribution >= 0.6 is 11.8 Å². The standard InChI is InChI=1S/C24H30N4O3S/c1-4-31-21-10-5-7-18(22(21)29)16-27-13-11-17(12-14-27)23-25-26-24(32-3)28(23)19-8-6-9-20(15-19)30-2/h5-10,15,17,29H,4,11-14,16H2,1-3H3. The van der Waals surface area contributed by atoms with E-state index in [0.29, 0.717) is 24.8 Å². The summed E-state index contributed by atoms with van der Waals surface area (Å²) in [6.45, 7) is 5.03. The second kappa shape index (κ2) is 10.3. The second-order valence-corrected chi connectivity index (χ2v) is 8.60. The van der Waals surface area contributed by atoms with Gasteiger partial charge in [-0.1, -0.05) is 30.0 Å². The first-order valence-corrected chi connectivity index (χ1v) is 12.2. The van der Waals surface area contributed by atoms with Crippen LogP contribution in [0, 0.1) is 0 Å². The van der Waals surface area contributed by atoms with Crippen LogP contribution in [0.4, 0.5) is 0 Å². The summed E-state index contributed by atoms with van der Waals surface area (Å²) in [6.07, 6.45) is 4.00. The highest BCUT2D eigenvalue weighted by molar-refractivity contribution is 7.98. The molecule has 2 heterocycles. The van der Waals surface area contributed by atoms with Crippen LogP contribution in [0.2, 0.25) is 0 Å². The number of ether oxygens (including phenoxy) is 2. The molecule has 0 atom stereocenters. The fourth-order valence-electron chi connectivity index (χ4n) is 4.23. The normalized spacial score (nSPS) is 15.1. The van der Waals surface area contributed by atoms with E-state index in [1.54, 1.807) is 18.9 Å². The Kier molecular flexibility index (Phi) is 7.22. The highest BCUT2D eigenvalue weighted by atomic mass is 32.2. The quantitative estimate of drug-likeness (QED) is 0.503. The third-order valence-electron chi connectivity index (χ3n) is 5.88. The van der Waals surface area contributed by atoms with Gasteiger partial charge in [0.1, 0.15) is 11.6 Å². The van der Waals surface area contributed by atoms with Crippen LogP contribution in [0.25, 0.3) is 5.69 Å². The molecule has 1 aliphatic rings. The van der Waals surface area contributed by atoms with Crippen LogP contribution in [0.3, 0.4) is 0 Å². The molecule has 1 fully saturated rings. The van der Waals surface area contributed by atoms with Gasteiger partial charge in [0.25, 0.3) is 0 Å². The highest BCUT2D eigenvalue weighted by Gasteiger charge is 2.27. The van der Waals surface area contributed by atoms with E-state index in [-0.39, 0.29) is 5.75 Å². The molecule has 0 radical (unpaired) electrons. The van der Waals surface area contributed by atoms with Gasteiger partial charge in [0, 0.05) is 24.1 Å². The Morgan fingerprint density at radius 1 is 1.12 bits per heavy atom. The number of nitrogens with zero attached hydrogens (tertiary/aromatic N) is 4. The van der Waals surface area contributed by atoms with Crippen molar-refractivity contribution in [1.82, 2.24) is 19.7 Å². The summed E-state index contributed by atoms with van der Waals surface area (Å²) >= 11 is 1.60. The first-order chi connectivity index (χ1) is 15.6. The van der Waals surface area contributed by atoms with Gasteiger partial charge in [0.15, 0.2) is 16.7 Å². The van der Waals surface area contributed by atoms with Gasteiger partial charge in [-0.3, -0.25) is 9.47 Å². The predicted molar refractivity (Wildman–Crippen MR) is 126 cm³/mol. The van der Waals surface area contributed by atoms with E-state index < -0.39 is 0 Å². The molecule has 0 unspecified atom stereocenters. The molecule has 1 N–H and O–H groups in total. The van der Waals surface area contributed by atoms with E-state index in [9.17, 15) is 5.11 Å². The van der Waals surface area contributed by atoms with Gasteiger partial charge in [-0.25, -0.2) is 0 Å². The topological polar surface area (TPSA) is 72.6 Å². The van der Waals surface area contributed by atoms with Crippen LogP contribution in [0.1, 0.15) is 37.1 Å². The number of hydrogen-bond acceptors (Lipinski definition) is 7. The van der Waals surface area contributed by atoms with Gasteiger partial charge >= 0.3 is 0 Å². The van der Waals surface area contributed by atoms with Crippen molar-refractivity contribution in [2.24, 2.45) is 0 Å². The number of thioether (sulfide) groups is 1. The van der Waals surface area contributed by atoms with E-state index in [2.05, 4.69) is 25.7 Å². The van der Waals surface area contributed by atoms with Gasteiger partial charge in [-0.05, 0) is 57.3 Å². The van der Waals surface area contributed by atoms with Crippen molar-refractivity contribution in [2.45, 2.75) is 37.4 Å². The first kappa shape index (κ1) is 22.5. The largest absolute Gasteiger partial charge is 0.504 e. The van der Waals surface area contributed by atoms with Crippen LogP contribution < -0.4 is 9.47 Å². The number of benzene rings is 2. The Bertz CT molecular complexity index is 1050. The smallest absolute Gasteiger partial charge is 0.195 e. The van der Waals surface area contributed by atoms with Gasteiger partial charge in [-0.2, -0.15) is 0 Å². The summed E-state index contributed by atoms with van der Waals surface area (Å²) in [7, 11) is 1.68. The Morgan fingerprint density at radius 3 is 2.62 bits per heavy atom. The molecule has 4 rings (SSSR count). The molecular weight excluding hydrogens is 424 g/mol. The van der Waals surface area contributed by atoms with Crippen molar-refractivity contribution in [2.75, 3.05) is 33.1 Å². The summed E-state index contributed by atoms with van der Waals surface area (Å²) in [6, 6.07) is 13.7. The number of phenols is 1. The van der Waals surface area contributed by atoms with Crippen molar-refractivity contribution < 1.29 is 14.6 Å². The average Bonchev–Trinajstić information content (AvgIpc) is 3.26. The van der Waals surface area contributed by atoms with E-state index >= 15 is 0 Å². The Hall–Kier alpha value is -2.71. The fraction of sp³-hybridized carbons (Fsp3) is 0.417. The third kappa shape index (κ3) is 4.71. The molecular formula is C24H30N4O3S. The number of aromatic hydroxyl groups is 1. The molecule has 0 amide bonds. The number of hydrogen-bond donors (Lipinski definition) is 1. The van der Waals surface area contributed by atoms with Crippen molar-refractivity contribution in [3.05, 3.63) is 53.9 Å². The van der Waals surface area contributed by atoms with Gasteiger partial charge in [0.2, 0.25) is 0 Å². The lowest BCUT2D eigenvalue weighted by Gasteiger charge is -2.32. The van der Waals surface area contributed by atoms with Gasteiger partial charge in [-0.15, -0.1) is 10.2 Å². The maximum atomic E-state index is 10.5.